The van der Waals surface area contributed by atoms with Gasteiger partial charge in [0, 0.05) is 12.3 Å². The van der Waals surface area contributed by atoms with E-state index in [1.54, 1.807) is 0 Å². The van der Waals surface area contributed by atoms with Crippen LogP contribution in [0.2, 0.25) is 0 Å². The number of carbonyl (C=O) groups excluding carboxylic acids is 1. The Labute approximate surface area is 62.8 Å². The molecular weight excluding hydrogens is 124 g/mol. The van der Waals surface area contributed by atoms with Crippen LogP contribution in [-0.4, -0.2) is 5.78 Å². The van der Waals surface area contributed by atoms with Crippen molar-refractivity contribution in [1.29, 1.82) is 0 Å². The summed E-state index contributed by atoms with van der Waals surface area (Å²) < 4.78 is 0. The van der Waals surface area contributed by atoms with Crippen LogP contribution in [0.4, 0.5) is 0 Å². The maximum atomic E-state index is 10.9. The minimum Gasteiger partial charge on any atom is -0.299 e. The minimum atomic E-state index is 0.431. The van der Waals surface area contributed by atoms with Gasteiger partial charge in [-0.25, -0.2) is 0 Å². The van der Waals surface area contributed by atoms with Gasteiger partial charge in [0.1, 0.15) is 5.78 Å². The van der Waals surface area contributed by atoms with Crippen LogP contribution in [0.15, 0.2) is 0 Å². The second-order valence-electron chi connectivity index (χ2n) is 3.40. The van der Waals surface area contributed by atoms with Crippen molar-refractivity contribution < 1.29 is 4.79 Å². The van der Waals surface area contributed by atoms with Crippen LogP contribution >= 0.6 is 0 Å². The van der Waals surface area contributed by atoms with Crippen LogP contribution in [0.1, 0.15) is 39.5 Å². The second-order valence-corrected chi connectivity index (χ2v) is 3.40. The van der Waals surface area contributed by atoms with Gasteiger partial charge in [-0.15, -0.1) is 0 Å². The zero-order valence-corrected chi connectivity index (χ0v) is 6.89. The third-order valence-corrected chi connectivity index (χ3v) is 2.49. The van der Waals surface area contributed by atoms with Gasteiger partial charge in [0.15, 0.2) is 0 Å². The van der Waals surface area contributed by atoms with Gasteiger partial charge in [-0.3, -0.25) is 4.79 Å². The van der Waals surface area contributed by atoms with Crippen molar-refractivity contribution in [1.82, 2.24) is 0 Å². The Balaban J connectivity index is 2.20. The summed E-state index contributed by atoms with van der Waals surface area (Å²) in [6, 6.07) is 0. The topological polar surface area (TPSA) is 17.1 Å². The molecule has 1 fully saturated rings. The second kappa shape index (κ2) is 3.18. The lowest BCUT2D eigenvalue weighted by Gasteiger charge is -2.31. The van der Waals surface area contributed by atoms with Gasteiger partial charge in [0.25, 0.3) is 0 Å². The minimum absolute atomic E-state index is 0.431. The van der Waals surface area contributed by atoms with E-state index in [1.807, 2.05) is 0 Å². The summed E-state index contributed by atoms with van der Waals surface area (Å²) >= 11 is 0. The largest absolute Gasteiger partial charge is 0.299 e. The predicted molar refractivity (Wildman–Crippen MR) is 41.8 cm³/mol. The smallest absolute Gasteiger partial charge is 0.136 e. The van der Waals surface area contributed by atoms with Crippen LogP contribution in [0.5, 0.6) is 0 Å². The molecule has 0 N–H and O–H groups in total. The molecule has 1 heteroatoms. The first-order chi connectivity index (χ1) is 4.75. The Kier molecular flexibility index (Phi) is 2.47. The zero-order chi connectivity index (χ0) is 7.56. The van der Waals surface area contributed by atoms with Gasteiger partial charge < -0.3 is 0 Å². The summed E-state index contributed by atoms with van der Waals surface area (Å²) in [6.45, 7) is 4.36. The first-order valence-corrected chi connectivity index (χ1v) is 4.28. The number of rotatable bonds is 3. The highest BCUT2D eigenvalue weighted by atomic mass is 16.1. The molecule has 1 nitrogen and oxygen atoms in total. The summed E-state index contributed by atoms with van der Waals surface area (Å²) in [6.07, 6.45) is 4.42. The fraction of sp³-hybridized carbons (Fsp3) is 0.889. The molecule has 0 saturated heterocycles. The van der Waals surface area contributed by atoms with E-state index < -0.39 is 0 Å². The average Bonchev–Trinajstić information content (AvgIpc) is 1.89. The fourth-order valence-electron chi connectivity index (χ4n) is 1.64. The molecule has 2 atom stereocenters. The number of hydrogen-bond donors (Lipinski definition) is 0. The first-order valence-electron chi connectivity index (χ1n) is 4.28. The lowest BCUT2D eigenvalue weighted by atomic mass is 9.71. The first kappa shape index (κ1) is 7.77. The zero-order valence-electron chi connectivity index (χ0n) is 6.89. The Hall–Kier alpha value is -0.330. The molecule has 0 spiro atoms. The van der Waals surface area contributed by atoms with Gasteiger partial charge >= 0.3 is 0 Å². The van der Waals surface area contributed by atoms with Gasteiger partial charge in [0.05, 0.1) is 0 Å². The van der Waals surface area contributed by atoms with E-state index in [-0.39, 0.29) is 0 Å². The van der Waals surface area contributed by atoms with E-state index in [4.69, 9.17) is 0 Å². The number of unbranched alkanes of at least 4 members (excludes halogenated alkanes) is 1. The Bertz CT molecular complexity index is 129. The average molecular weight is 140 g/mol. The molecule has 1 aliphatic rings. The summed E-state index contributed by atoms with van der Waals surface area (Å²) in [4.78, 5) is 10.9. The van der Waals surface area contributed by atoms with Gasteiger partial charge in [-0.1, -0.05) is 26.7 Å². The van der Waals surface area contributed by atoms with Crippen molar-refractivity contribution in [2.75, 3.05) is 0 Å². The highest BCUT2D eigenvalue weighted by Crippen LogP contribution is 2.33. The van der Waals surface area contributed by atoms with Gasteiger partial charge in [-0.05, 0) is 12.3 Å². The van der Waals surface area contributed by atoms with Crippen molar-refractivity contribution >= 4 is 5.78 Å². The molecule has 0 unspecified atom stereocenters. The maximum Gasteiger partial charge on any atom is 0.136 e. The number of Topliss-reactive ketones (excluding diaryl/α,β-unsaturated/α-hetero) is 1. The van der Waals surface area contributed by atoms with Crippen molar-refractivity contribution in [2.24, 2.45) is 11.8 Å². The van der Waals surface area contributed by atoms with Crippen LogP contribution in [0.3, 0.4) is 0 Å². The van der Waals surface area contributed by atoms with Crippen molar-refractivity contribution in [3.05, 3.63) is 0 Å². The summed E-state index contributed by atoms with van der Waals surface area (Å²) in [5.74, 6) is 1.61. The molecule has 0 aliphatic heterocycles. The maximum absolute atomic E-state index is 10.9. The lowest BCUT2D eigenvalue weighted by molar-refractivity contribution is -0.133. The Morgan fingerprint density at radius 3 is 2.70 bits per heavy atom. The highest BCUT2D eigenvalue weighted by molar-refractivity contribution is 5.87. The van der Waals surface area contributed by atoms with E-state index >= 15 is 0 Å². The number of carbonyl (C=O) groups is 1. The highest BCUT2D eigenvalue weighted by Gasteiger charge is 2.34. The molecule has 0 heterocycles. The van der Waals surface area contributed by atoms with Crippen molar-refractivity contribution in [3.63, 3.8) is 0 Å². The number of ketones is 1. The van der Waals surface area contributed by atoms with E-state index in [2.05, 4.69) is 13.8 Å². The molecule has 0 radical (unpaired) electrons. The molecule has 1 aliphatic carbocycles. The quantitative estimate of drug-likeness (QED) is 0.588. The molecule has 1 saturated carbocycles. The molecule has 0 amide bonds. The molecular formula is C9H16O. The summed E-state index contributed by atoms with van der Waals surface area (Å²) in [7, 11) is 0. The molecule has 0 aromatic heterocycles. The van der Waals surface area contributed by atoms with Gasteiger partial charge in [-0.2, -0.15) is 0 Å². The van der Waals surface area contributed by atoms with E-state index in [0.717, 1.165) is 12.8 Å². The SMILES string of the molecule is CCCC[C@@H]1C(=O)C[C@H]1C. The van der Waals surface area contributed by atoms with Crippen LogP contribution in [-0.2, 0) is 4.79 Å². The summed E-state index contributed by atoms with van der Waals surface area (Å²) in [5, 5.41) is 0. The predicted octanol–water partition coefficient (Wildman–Crippen LogP) is 2.40. The van der Waals surface area contributed by atoms with Crippen LogP contribution in [0.25, 0.3) is 0 Å². The molecule has 58 valence electrons. The number of hydrogen-bond acceptors (Lipinski definition) is 1. The molecule has 1 rings (SSSR count). The van der Waals surface area contributed by atoms with E-state index in [1.165, 1.54) is 12.8 Å². The molecule has 0 aromatic carbocycles. The normalized spacial score (nSPS) is 32.0. The standard InChI is InChI=1S/C9H16O/c1-3-4-5-8-7(2)6-9(8)10/h7-8H,3-6H2,1-2H3/t7-,8+/m1/s1. The van der Waals surface area contributed by atoms with Crippen LogP contribution < -0.4 is 0 Å². The molecule has 10 heavy (non-hydrogen) atoms. The summed E-state index contributed by atoms with van der Waals surface area (Å²) in [5.41, 5.74) is 0. The van der Waals surface area contributed by atoms with Gasteiger partial charge in [0.2, 0.25) is 0 Å². The third kappa shape index (κ3) is 1.39. The van der Waals surface area contributed by atoms with Crippen LogP contribution in [0, 0.1) is 11.8 Å². The van der Waals surface area contributed by atoms with Crippen molar-refractivity contribution in [2.45, 2.75) is 39.5 Å². The molecule has 0 aromatic rings. The third-order valence-electron chi connectivity index (χ3n) is 2.49. The van der Waals surface area contributed by atoms with E-state index in [0.29, 0.717) is 17.6 Å². The fourth-order valence-corrected chi connectivity index (χ4v) is 1.64. The monoisotopic (exact) mass is 140 g/mol. The Morgan fingerprint density at radius 1 is 1.60 bits per heavy atom. The Morgan fingerprint density at radius 2 is 2.30 bits per heavy atom. The van der Waals surface area contributed by atoms with E-state index in [9.17, 15) is 4.79 Å². The molecule has 0 bridgehead atoms. The lowest BCUT2D eigenvalue weighted by Crippen LogP contribution is -2.34. The van der Waals surface area contributed by atoms with Crippen molar-refractivity contribution in [3.8, 4) is 0 Å².